The minimum atomic E-state index is -0.407. The number of hydrogen-bond acceptors (Lipinski definition) is 5. The molecule has 3 rings (SSSR count). The average Bonchev–Trinajstić information content (AvgIpc) is 3.39. The Morgan fingerprint density at radius 2 is 2.22 bits per heavy atom. The summed E-state index contributed by atoms with van der Waals surface area (Å²) in [4.78, 5) is 19.1. The quantitative estimate of drug-likeness (QED) is 0.652. The van der Waals surface area contributed by atoms with Gasteiger partial charge in [-0.05, 0) is 30.6 Å². The van der Waals surface area contributed by atoms with E-state index in [0.717, 1.165) is 17.7 Å². The van der Waals surface area contributed by atoms with Crippen LogP contribution in [0.1, 0.15) is 24.0 Å². The molecule has 1 aliphatic carbocycles. The van der Waals surface area contributed by atoms with E-state index in [9.17, 15) is 10.1 Å². The summed E-state index contributed by atoms with van der Waals surface area (Å²) in [5, 5.41) is 9.82. The van der Waals surface area contributed by atoms with Crippen LogP contribution in [0.2, 0.25) is 0 Å². The third-order valence-electron chi connectivity index (χ3n) is 3.78. The highest BCUT2D eigenvalue weighted by atomic mass is 32.2. The summed E-state index contributed by atoms with van der Waals surface area (Å²) in [7, 11) is 0. The molecule has 23 heavy (non-hydrogen) atoms. The first-order valence-corrected chi connectivity index (χ1v) is 8.70. The minimum absolute atomic E-state index is 0.0393. The molecule has 0 bridgehead atoms. The normalized spacial score (nSPS) is 13.7. The molecule has 0 aliphatic heterocycles. The molecule has 6 heteroatoms. The van der Waals surface area contributed by atoms with Crippen LogP contribution in [-0.4, -0.2) is 22.8 Å². The third-order valence-corrected chi connectivity index (χ3v) is 4.36. The second kappa shape index (κ2) is 6.99. The van der Waals surface area contributed by atoms with E-state index in [2.05, 4.69) is 9.97 Å². The van der Waals surface area contributed by atoms with Crippen molar-refractivity contribution in [2.24, 2.45) is 5.92 Å². The number of rotatable bonds is 6. The van der Waals surface area contributed by atoms with Crippen LogP contribution in [-0.2, 0) is 11.3 Å². The molecule has 0 saturated heterocycles. The zero-order valence-electron chi connectivity index (χ0n) is 12.8. The molecule has 1 aromatic carbocycles. The van der Waals surface area contributed by atoms with Crippen molar-refractivity contribution in [1.29, 1.82) is 5.26 Å². The maximum atomic E-state index is 12.1. The van der Waals surface area contributed by atoms with Gasteiger partial charge in [0.05, 0.1) is 12.3 Å². The lowest BCUT2D eigenvalue weighted by atomic mass is 10.0. The first-order valence-electron chi connectivity index (χ1n) is 7.47. The van der Waals surface area contributed by atoms with Crippen molar-refractivity contribution in [2.45, 2.75) is 24.6 Å². The molecule has 0 radical (unpaired) electrons. The van der Waals surface area contributed by atoms with Crippen molar-refractivity contribution in [3.05, 3.63) is 45.7 Å². The smallest absolute Gasteiger partial charge is 0.270 e. The number of nitriles is 1. The van der Waals surface area contributed by atoms with E-state index in [0.29, 0.717) is 23.4 Å². The Labute approximate surface area is 138 Å². The molecule has 0 unspecified atom stereocenters. The summed E-state index contributed by atoms with van der Waals surface area (Å²) < 4.78 is 5.76. The average molecular weight is 327 g/mol. The van der Waals surface area contributed by atoms with Gasteiger partial charge in [0, 0.05) is 12.2 Å². The minimum Gasteiger partial charge on any atom is -0.376 e. The lowest BCUT2D eigenvalue weighted by molar-refractivity contribution is 0.111. The van der Waals surface area contributed by atoms with E-state index < -0.39 is 5.56 Å². The van der Waals surface area contributed by atoms with Gasteiger partial charge in [0.2, 0.25) is 0 Å². The first-order chi connectivity index (χ1) is 11.2. The molecular formula is C17H17N3O2S. The summed E-state index contributed by atoms with van der Waals surface area (Å²) in [6.45, 7) is 1.22. The van der Waals surface area contributed by atoms with E-state index >= 15 is 0 Å². The fourth-order valence-corrected chi connectivity index (χ4v) is 2.72. The number of aromatic nitrogens is 2. The van der Waals surface area contributed by atoms with Gasteiger partial charge >= 0.3 is 0 Å². The fourth-order valence-electron chi connectivity index (χ4n) is 2.35. The zero-order chi connectivity index (χ0) is 16.2. The van der Waals surface area contributed by atoms with Gasteiger partial charge in [0.15, 0.2) is 5.16 Å². The van der Waals surface area contributed by atoms with Crippen molar-refractivity contribution in [1.82, 2.24) is 9.97 Å². The topological polar surface area (TPSA) is 78.8 Å². The number of aromatic amines is 1. The Kier molecular flexibility index (Phi) is 4.79. The first kappa shape index (κ1) is 15.8. The Balaban J connectivity index is 1.98. The largest absolute Gasteiger partial charge is 0.376 e. The SMILES string of the molecule is CSc1nc(-c2ccccc2COCC2CC2)c(C#N)c(=O)[nH]1. The van der Waals surface area contributed by atoms with E-state index in [1.54, 1.807) is 0 Å². The monoisotopic (exact) mass is 327 g/mol. The van der Waals surface area contributed by atoms with Crippen molar-refractivity contribution in [3.63, 3.8) is 0 Å². The van der Waals surface area contributed by atoms with Crippen LogP contribution in [0.25, 0.3) is 11.3 Å². The zero-order valence-corrected chi connectivity index (χ0v) is 13.7. The van der Waals surface area contributed by atoms with Crippen molar-refractivity contribution >= 4 is 11.8 Å². The standard InChI is InChI=1S/C17H17N3O2S/c1-23-17-19-15(14(8-18)16(21)20-17)13-5-3-2-4-12(13)10-22-9-11-6-7-11/h2-5,11H,6-7,9-10H2,1H3,(H,19,20,21). The van der Waals surface area contributed by atoms with Crippen molar-refractivity contribution in [2.75, 3.05) is 12.9 Å². The molecule has 1 saturated carbocycles. The van der Waals surface area contributed by atoms with Gasteiger partial charge in [0.1, 0.15) is 11.6 Å². The van der Waals surface area contributed by atoms with Gasteiger partial charge in [-0.25, -0.2) is 4.98 Å². The molecule has 5 nitrogen and oxygen atoms in total. The fraction of sp³-hybridized carbons (Fsp3) is 0.353. The molecule has 1 aliphatic rings. The number of benzene rings is 1. The summed E-state index contributed by atoms with van der Waals surface area (Å²) in [5.41, 5.74) is 1.77. The summed E-state index contributed by atoms with van der Waals surface area (Å²) in [5.74, 6) is 0.692. The third kappa shape index (κ3) is 3.63. The van der Waals surface area contributed by atoms with E-state index in [1.807, 2.05) is 36.6 Å². The number of nitrogens with one attached hydrogen (secondary N) is 1. The number of hydrogen-bond donors (Lipinski definition) is 1. The molecule has 1 N–H and O–H groups in total. The molecule has 118 valence electrons. The molecule has 0 spiro atoms. The number of H-pyrrole nitrogens is 1. The summed E-state index contributed by atoms with van der Waals surface area (Å²) in [6, 6.07) is 9.60. The highest BCUT2D eigenvalue weighted by Crippen LogP contribution is 2.30. The van der Waals surface area contributed by atoms with Crippen LogP contribution in [0.5, 0.6) is 0 Å². The van der Waals surface area contributed by atoms with Gasteiger partial charge in [-0.3, -0.25) is 4.79 Å². The van der Waals surface area contributed by atoms with Gasteiger partial charge in [-0.15, -0.1) is 0 Å². The van der Waals surface area contributed by atoms with Crippen LogP contribution in [0.15, 0.2) is 34.2 Å². The van der Waals surface area contributed by atoms with Crippen LogP contribution >= 0.6 is 11.8 Å². The van der Waals surface area contributed by atoms with Crippen LogP contribution in [0.3, 0.4) is 0 Å². The van der Waals surface area contributed by atoms with E-state index in [1.165, 1.54) is 24.6 Å². The molecule has 1 fully saturated rings. The molecular weight excluding hydrogens is 310 g/mol. The Hall–Kier alpha value is -2.10. The van der Waals surface area contributed by atoms with Crippen molar-refractivity contribution in [3.8, 4) is 17.3 Å². The molecule has 0 atom stereocenters. The second-order valence-electron chi connectivity index (χ2n) is 5.53. The van der Waals surface area contributed by atoms with Crippen LogP contribution in [0.4, 0.5) is 0 Å². The van der Waals surface area contributed by atoms with E-state index in [-0.39, 0.29) is 5.56 Å². The van der Waals surface area contributed by atoms with Crippen LogP contribution < -0.4 is 5.56 Å². The van der Waals surface area contributed by atoms with E-state index in [4.69, 9.17) is 4.74 Å². The van der Waals surface area contributed by atoms with Gasteiger partial charge in [-0.2, -0.15) is 5.26 Å². The summed E-state index contributed by atoms with van der Waals surface area (Å²) >= 11 is 1.34. The highest BCUT2D eigenvalue weighted by molar-refractivity contribution is 7.98. The number of nitrogens with zero attached hydrogens (tertiary/aromatic N) is 2. The number of ether oxygens (including phenoxy) is 1. The van der Waals surface area contributed by atoms with Gasteiger partial charge in [0.25, 0.3) is 5.56 Å². The highest BCUT2D eigenvalue weighted by Gasteiger charge is 2.21. The Bertz CT molecular complexity index is 806. The number of thioether (sulfide) groups is 1. The Morgan fingerprint density at radius 1 is 1.43 bits per heavy atom. The molecule has 0 amide bonds. The summed E-state index contributed by atoms with van der Waals surface area (Å²) in [6.07, 6.45) is 4.32. The van der Waals surface area contributed by atoms with Gasteiger partial charge < -0.3 is 9.72 Å². The second-order valence-corrected chi connectivity index (χ2v) is 6.32. The van der Waals surface area contributed by atoms with Gasteiger partial charge in [-0.1, -0.05) is 36.0 Å². The predicted molar refractivity (Wildman–Crippen MR) is 89.2 cm³/mol. The Morgan fingerprint density at radius 3 is 2.91 bits per heavy atom. The van der Waals surface area contributed by atoms with Crippen molar-refractivity contribution < 1.29 is 4.74 Å². The molecule has 1 heterocycles. The maximum Gasteiger partial charge on any atom is 0.270 e. The lowest BCUT2D eigenvalue weighted by Crippen LogP contribution is -2.15. The maximum absolute atomic E-state index is 12.1. The lowest BCUT2D eigenvalue weighted by Gasteiger charge is -2.11. The van der Waals surface area contributed by atoms with Crippen LogP contribution in [0, 0.1) is 17.2 Å². The predicted octanol–water partition coefficient (Wildman–Crippen LogP) is 2.96. The molecule has 2 aromatic rings. The molecule has 1 aromatic heterocycles.